The molecule has 24 heavy (non-hydrogen) atoms. The van der Waals surface area contributed by atoms with Crippen molar-refractivity contribution in [2.24, 2.45) is 0 Å². The fraction of sp³-hybridized carbons (Fsp3) is 0.278. The average Bonchev–Trinajstić information content (AvgIpc) is 2.54. The number of carbonyl (C=O) groups is 1. The number of hydrogen-bond donors (Lipinski definition) is 1. The molecular weight excluding hydrogens is 330 g/mol. The second kappa shape index (κ2) is 8.80. The molecule has 0 aromatic heterocycles. The summed E-state index contributed by atoms with van der Waals surface area (Å²) in [7, 11) is 3.77. The van der Waals surface area contributed by atoms with Gasteiger partial charge in [-0.15, -0.1) is 11.8 Å². The van der Waals surface area contributed by atoms with Gasteiger partial charge in [-0.1, -0.05) is 12.1 Å². The largest absolute Gasteiger partial charge is 0.353 e. The lowest BCUT2D eigenvalue weighted by molar-refractivity contribution is -0.118. The highest BCUT2D eigenvalue weighted by Crippen LogP contribution is 2.19. The number of amides is 1. The number of benzene rings is 2. The van der Waals surface area contributed by atoms with E-state index in [1.807, 2.05) is 25.1 Å². The number of nitrogens with one attached hydrogen (secondary N) is 1. The van der Waals surface area contributed by atoms with E-state index < -0.39 is 0 Å². The van der Waals surface area contributed by atoms with E-state index in [0.29, 0.717) is 6.54 Å². The van der Waals surface area contributed by atoms with Gasteiger partial charge in [-0.25, -0.2) is 8.78 Å². The molecule has 2 rings (SSSR count). The van der Waals surface area contributed by atoms with E-state index in [1.165, 1.54) is 36.0 Å². The normalized spacial score (nSPS) is 12.2. The molecule has 1 N–H and O–H groups in total. The van der Waals surface area contributed by atoms with Gasteiger partial charge in [0.2, 0.25) is 5.91 Å². The molecule has 128 valence electrons. The summed E-state index contributed by atoms with van der Waals surface area (Å²) in [5.41, 5.74) is 0.812. The fourth-order valence-corrected chi connectivity index (χ4v) is 2.98. The average molecular weight is 350 g/mol. The second-order valence-corrected chi connectivity index (χ2v) is 6.63. The van der Waals surface area contributed by atoms with Gasteiger partial charge in [0.15, 0.2) is 0 Å². The Kier molecular flexibility index (Phi) is 6.75. The van der Waals surface area contributed by atoms with E-state index >= 15 is 0 Å². The zero-order valence-corrected chi connectivity index (χ0v) is 14.4. The minimum Gasteiger partial charge on any atom is -0.353 e. The van der Waals surface area contributed by atoms with Crippen LogP contribution in [0.2, 0.25) is 0 Å². The van der Waals surface area contributed by atoms with Crippen molar-refractivity contribution in [2.45, 2.75) is 10.9 Å². The SMILES string of the molecule is CN(C)[C@@H](CNC(=O)CSc1ccc(F)cc1)c1cccc(F)c1. The highest BCUT2D eigenvalue weighted by atomic mass is 32.2. The summed E-state index contributed by atoms with van der Waals surface area (Å²) >= 11 is 1.34. The molecule has 6 heteroatoms. The summed E-state index contributed by atoms with van der Waals surface area (Å²) in [6, 6.07) is 12.3. The number of halogens is 2. The molecule has 2 aromatic carbocycles. The predicted octanol–water partition coefficient (Wildman–Crippen LogP) is 3.48. The van der Waals surface area contributed by atoms with Gasteiger partial charge in [0, 0.05) is 11.4 Å². The smallest absolute Gasteiger partial charge is 0.230 e. The van der Waals surface area contributed by atoms with Gasteiger partial charge in [0.05, 0.1) is 11.8 Å². The van der Waals surface area contributed by atoms with Crippen molar-refractivity contribution in [3.63, 3.8) is 0 Å². The minimum absolute atomic E-state index is 0.111. The first-order chi connectivity index (χ1) is 11.5. The molecule has 0 spiro atoms. The Labute approximate surface area is 145 Å². The van der Waals surface area contributed by atoms with Crippen LogP contribution in [0, 0.1) is 11.6 Å². The molecule has 0 aliphatic carbocycles. The molecule has 1 amide bonds. The van der Waals surface area contributed by atoms with Crippen LogP contribution < -0.4 is 5.32 Å². The molecule has 0 fully saturated rings. The summed E-state index contributed by atoms with van der Waals surface area (Å²) in [6.07, 6.45) is 0. The first kappa shape index (κ1) is 18.4. The number of carbonyl (C=O) groups excluding carboxylic acids is 1. The third kappa shape index (κ3) is 5.62. The number of hydrogen-bond acceptors (Lipinski definition) is 3. The van der Waals surface area contributed by atoms with E-state index in [1.54, 1.807) is 18.2 Å². The quantitative estimate of drug-likeness (QED) is 0.776. The third-order valence-electron chi connectivity index (χ3n) is 3.53. The molecule has 0 unspecified atom stereocenters. The van der Waals surface area contributed by atoms with Crippen LogP contribution >= 0.6 is 11.8 Å². The Balaban J connectivity index is 1.87. The van der Waals surface area contributed by atoms with E-state index in [9.17, 15) is 13.6 Å². The minimum atomic E-state index is -0.298. The highest BCUT2D eigenvalue weighted by molar-refractivity contribution is 8.00. The maximum Gasteiger partial charge on any atom is 0.230 e. The summed E-state index contributed by atoms with van der Waals surface area (Å²) in [5, 5.41) is 2.87. The number of likely N-dealkylation sites (N-methyl/N-ethyl adjacent to an activating group) is 1. The summed E-state index contributed by atoms with van der Waals surface area (Å²) < 4.78 is 26.2. The molecule has 0 aliphatic rings. The van der Waals surface area contributed by atoms with Gasteiger partial charge < -0.3 is 10.2 Å². The molecule has 0 bridgehead atoms. The topological polar surface area (TPSA) is 32.3 Å². The van der Waals surface area contributed by atoms with Crippen molar-refractivity contribution >= 4 is 17.7 Å². The van der Waals surface area contributed by atoms with Crippen LogP contribution in [0.25, 0.3) is 0 Å². The Hall–Kier alpha value is -1.92. The Morgan fingerprint density at radius 2 is 1.83 bits per heavy atom. The van der Waals surface area contributed by atoms with Gasteiger partial charge in [-0.2, -0.15) is 0 Å². The van der Waals surface area contributed by atoms with Crippen LogP contribution in [0.3, 0.4) is 0 Å². The second-order valence-electron chi connectivity index (χ2n) is 5.58. The summed E-state index contributed by atoms with van der Waals surface area (Å²) in [4.78, 5) is 14.8. The van der Waals surface area contributed by atoms with Crippen LogP contribution in [-0.2, 0) is 4.79 Å². The summed E-state index contributed by atoms with van der Waals surface area (Å²) in [5.74, 6) is -0.465. The van der Waals surface area contributed by atoms with Crippen LogP contribution in [-0.4, -0.2) is 37.2 Å². The van der Waals surface area contributed by atoms with Gasteiger partial charge >= 0.3 is 0 Å². The molecule has 0 radical (unpaired) electrons. The predicted molar refractivity (Wildman–Crippen MR) is 93.0 cm³/mol. The molecule has 0 saturated heterocycles. The van der Waals surface area contributed by atoms with Gasteiger partial charge in [0.1, 0.15) is 11.6 Å². The van der Waals surface area contributed by atoms with Gasteiger partial charge in [-0.3, -0.25) is 4.79 Å². The highest BCUT2D eigenvalue weighted by Gasteiger charge is 2.16. The van der Waals surface area contributed by atoms with Crippen LogP contribution in [0.4, 0.5) is 8.78 Å². The van der Waals surface area contributed by atoms with Gasteiger partial charge in [-0.05, 0) is 56.1 Å². The standard InChI is InChI=1S/C18H20F2N2OS/c1-22(2)17(13-4-3-5-15(20)10-13)11-21-18(23)12-24-16-8-6-14(19)7-9-16/h3-10,17H,11-12H2,1-2H3,(H,21,23)/t17-/m0/s1. The Morgan fingerprint density at radius 3 is 2.46 bits per heavy atom. The first-order valence-electron chi connectivity index (χ1n) is 7.52. The lowest BCUT2D eigenvalue weighted by atomic mass is 10.1. The number of thioether (sulfide) groups is 1. The molecular formula is C18H20F2N2OS. The fourth-order valence-electron chi connectivity index (χ4n) is 2.25. The van der Waals surface area contributed by atoms with Crippen LogP contribution in [0.5, 0.6) is 0 Å². The molecule has 1 atom stereocenters. The Bertz CT molecular complexity index is 677. The molecule has 3 nitrogen and oxygen atoms in total. The van der Waals surface area contributed by atoms with Crippen LogP contribution in [0.15, 0.2) is 53.4 Å². The molecule has 0 aliphatic heterocycles. The lowest BCUT2D eigenvalue weighted by Gasteiger charge is -2.25. The van der Waals surface area contributed by atoms with Crippen molar-refractivity contribution in [2.75, 3.05) is 26.4 Å². The monoisotopic (exact) mass is 350 g/mol. The summed E-state index contributed by atoms with van der Waals surface area (Å²) in [6.45, 7) is 0.388. The van der Waals surface area contributed by atoms with Crippen molar-refractivity contribution in [1.82, 2.24) is 10.2 Å². The van der Waals surface area contributed by atoms with Crippen LogP contribution in [0.1, 0.15) is 11.6 Å². The third-order valence-corrected chi connectivity index (χ3v) is 4.54. The maximum absolute atomic E-state index is 13.4. The van der Waals surface area contributed by atoms with Crippen molar-refractivity contribution in [3.05, 3.63) is 65.7 Å². The van der Waals surface area contributed by atoms with E-state index in [4.69, 9.17) is 0 Å². The van der Waals surface area contributed by atoms with E-state index in [0.717, 1.165) is 10.5 Å². The zero-order valence-electron chi connectivity index (χ0n) is 13.6. The number of rotatable bonds is 7. The van der Waals surface area contributed by atoms with E-state index in [2.05, 4.69) is 5.32 Å². The number of nitrogens with zero attached hydrogens (tertiary/aromatic N) is 1. The first-order valence-corrected chi connectivity index (χ1v) is 8.51. The molecule has 2 aromatic rings. The zero-order chi connectivity index (χ0) is 17.5. The van der Waals surface area contributed by atoms with Gasteiger partial charge in [0.25, 0.3) is 0 Å². The van der Waals surface area contributed by atoms with E-state index in [-0.39, 0.29) is 29.3 Å². The lowest BCUT2D eigenvalue weighted by Crippen LogP contribution is -2.35. The van der Waals surface area contributed by atoms with Crippen molar-refractivity contribution in [3.8, 4) is 0 Å². The Morgan fingerprint density at radius 1 is 1.12 bits per heavy atom. The van der Waals surface area contributed by atoms with Crippen molar-refractivity contribution in [1.29, 1.82) is 0 Å². The molecule has 0 saturated carbocycles. The maximum atomic E-state index is 13.4. The molecule has 0 heterocycles. The van der Waals surface area contributed by atoms with Crippen molar-refractivity contribution < 1.29 is 13.6 Å².